The number of nitrogens with zero attached hydrogens (tertiary/aromatic N) is 2. The largest absolute Gasteiger partial charge is 0.495 e. The van der Waals surface area contributed by atoms with Gasteiger partial charge in [-0.15, -0.1) is 0 Å². The van der Waals surface area contributed by atoms with Crippen LogP contribution in [0.25, 0.3) is 0 Å². The lowest BCUT2D eigenvalue weighted by Gasteiger charge is -2.33. The standard InChI is InChI=1S/C23H29ClN2O4S/c1-17-9-12-20(13-10-17)31(28,29)26(19-11-14-22(30-3)21(24)15-19)16-23(27)25(2)18-7-5-4-6-8-18/h9-15,18H,4-8,16H2,1-3H3. The topological polar surface area (TPSA) is 66.9 Å². The summed E-state index contributed by atoms with van der Waals surface area (Å²) in [5.41, 5.74) is 1.27. The molecule has 0 aromatic heterocycles. The molecule has 0 bridgehead atoms. The molecule has 6 nitrogen and oxygen atoms in total. The number of carbonyl (C=O) groups is 1. The highest BCUT2D eigenvalue weighted by molar-refractivity contribution is 7.92. The maximum atomic E-state index is 13.5. The molecule has 1 fully saturated rings. The quantitative estimate of drug-likeness (QED) is 0.598. The van der Waals surface area contributed by atoms with Crippen LogP contribution in [0.3, 0.4) is 0 Å². The van der Waals surface area contributed by atoms with Crippen LogP contribution in [0.5, 0.6) is 5.75 Å². The number of carbonyl (C=O) groups excluding carboxylic acids is 1. The number of aryl methyl sites for hydroxylation is 1. The Morgan fingerprint density at radius 2 is 1.74 bits per heavy atom. The number of amides is 1. The molecular formula is C23H29ClN2O4S. The van der Waals surface area contributed by atoms with E-state index >= 15 is 0 Å². The number of likely N-dealkylation sites (N-methyl/N-ethyl adjacent to an activating group) is 1. The van der Waals surface area contributed by atoms with Crippen molar-refractivity contribution in [2.24, 2.45) is 0 Å². The summed E-state index contributed by atoms with van der Waals surface area (Å²) < 4.78 is 33.4. The number of benzene rings is 2. The fourth-order valence-corrected chi connectivity index (χ4v) is 5.53. The number of hydrogen-bond acceptors (Lipinski definition) is 4. The summed E-state index contributed by atoms with van der Waals surface area (Å²) in [5.74, 6) is 0.193. The van der Waals surface area contributed by atoms with Crippen LogP contribution < -0.4 is 9.04 Å². The van der Waals surface area contributed by atoms with Crippen LogP contribution in [-0.2, 0) is 14.8 Å². The lowest BCUT2D eigenvalue weighted by atomic mass is 9.94. The van der Waals surface area contributed by atoms with Crippen LogP contribution in [-0.4, -0.2) is 46.0 Å². The minimum atomic E-state index is -3.98. The molecule has 2 aromatic carbocycles. The molecule has 1 amide bonds. The van der Waals surface area contributed by atoms with E-state index in [1.54, 1.807) is 48.3 Å². The summed E-state index contributed by atoms with van der Waals surface area (Å²) in [6.07, 6.45) is 5.24. The molecule has 1 aliphatic carbocycles. The van der Waals surface area contributed by atoms with Gasteiger partial charge < -0.3 is 9.64 Å². The van der Waals surface area contributed by atoms with Gasteiger partial charge in [-0.05, 0) is 50.1 Å². The minimum Gasteiger partial charge on any atom is -0.495 e. The third-order valence-electron chi connectivity index (χ3n) is 5.83. The van der Waals surface area contributed by atoms with Gasteiger partial charge in [-0.2, -0.15) is 0 Å². The molecule has 1 aliphatic rings. The van der Waals surface area contributed by atoms with Crippen molar-refractivity contribution in [3.05, 3.63) is 53.1 Å². The normalized spacial score (nSPS) is 14.8. The summed E-state index contributed by atoms with van der Waals surface area (Å²) in [7, 11) is -0.730. The average molecular weight is 465 g/mol. The van der Waals surface area contributed by atoms with E-state index in [9.17, 15) is 13.2 Å². The van der Waals surface area contributed by atoms with Gasteiger partial charge >= 0.3 is 0 Å². The zero-order chi connectivity index (χ0) is 22.6. The smallest absolute Gasteiger partial charge is 0.264 e. The lowest BCUT2D eigenvalue weighted by Crippen LogP contribution is -2.45. The Morgan fingerprint density at radius 3 is 2.32 bits per heavy atom. The average Bonchev–Trinajstić information content (AvgIpc) is 2.77. The Morgan fingerprint density at radius 1 is 1.10 bits per heavy atom. The number of sulfonamides is 1. The van der Waals surface area contributed by atoms with E-state index in [0.29, 0.717) is 11.4 Å². The Labute approximate surface area is 189 Å². The van der Waals surface area contributed by atoms with Crippen LogP contribution in [0.4, 0.5) is 5.69 Å². The number of anilines is 1. The highest BCUT2D eigenvalue weighted by atomic mass is 35.5. The molecule has 0 atom stereocenters. The zero-order valence-electron chi connectivity index (χ0n) is 18.2. The SMILES string of the molecule is COc1ccc(N(CC(=O)N(C)C2CCCCC2)S(=O)(=O)c2ccc(C)cc2)cc1Cl. The van der Waals surface area contributed by atoms with E-state index in [1.165, 1.54) is 19.6 Å². The van der Waals surface area contributed by atoms with Crippen molar-refractivity contribution in [3.8, 4) is 5.75 Å². The van der Waals surface area contributed by atoms with E-state index in [1.807, 2.05) is 6.92 Å². The van der Waals surface area contributed by atoms with Gasteiger partial charge in [-0.25, -0.2) is 8.42 Å². The van der Waals surface area contributed by atoms with Gasteiger partial charge in [-0.3, -0.25) is 9.10 Å². The maximum Gasteiger partial charge on any atom is 0.264 e. The van der Waals surface area contributed by atoms with Crippen molar-refractivity contribution in [3.63, 3.8) is 0 Å². The third kappa shape index (κ3) is 5.33. The Kier molecular flexibility index (Phi) is 7.49. The number of ether oxygens (including phenoxy) is 1. The van der Waals surface area contributed by atoms with Gasteiger partial charge in [0.15, 0.2) is 0 Å². The second-order valence-electron chi connectivity index (χ2n) is 7.94. The molecular weight excluding hydrogens is 436 g/mol. The van der Waals surface area contributed by atoms with Gasteiger partial charge in [-0.1, -0.05) is 48.6 Å². The van der Waals surface area contributed by atoms with E-state index < -0.39 is 10.0 Å². The second-order valence-corrected chi connectivity index (χ2v) is 10.2. The predicted octanol–water partition coefficient (Wildman–Crippen LogP) is 4.64. The highest BCUT2D eigenvalue weighted by Gasteiger charge is 2.30. The third-order valence-corrected chi connectivity index (χ3v) is 7.91. The molecule has 0 saturated heterocycles. The van der Waals surface area contributed by atoms with Crippen molar-refractivity contribution < 1.29 is 17.9 Å². The summed E-state index contributed by atoms with van der Waals surface area (Å²) >= 11 is 6.27. The van der Waals surface area contributed by atoms with E-state index in [-0.39, 0.29) is 28.4 Å². The highest BCUT2D eigenvalue weighted by Crippen LogP contribution is 2.32. The molecule has 0 aliphatic heterocycles. The maximum absolute atomic E-state index is 13.5. The van der Waals surface area contributed by atoms with E-state index in [0.717, 1.165) is 35.6 Å². The molecule has 168 valence electrons. The van der Waals surface area contributed by atoms with Gasteiger partial charge in [0.25, 0.3) is 10.0 Å². The Hall–Kier alpha value is -2.25. The molecule has 8 heteroatoms. The van der Waals surface area contributed by atoms with Crippen molar-refractivity contribution >= 4 is 33.2 Å². The van der Waals surface area contributed by atoms with Gasteiger partial charge in [0, 0.05) is 13.1 Å². The molecule has 0 unspecified atom stereocenters. The Balaban J connectivity index is 1.96. The van der Waals surface area contributed by atoms with Gasteiger partial charge in [0.1, 0.15) is 12.3 Å². The Bertz CT molecular complexity index is 1020. The lowest BCUT2D eigenvalue weighted by molar-refractivity contribution is -0.130. The summed E-state index contributed by atoms with van der Waals surface area (Å²) in [5, 5.41) is 0.275. The predicted molar refractivity (Wildman–Crippen MR) is 123 cm³/mol. The van der Waals surface area contributed by atoms with E-state index in [4.69, 9.17) is 16.3 Å². The van der Waals surface area contributed by atoms with Crippen molar-refractivity contribution in [2.75, 3.05) is 25.0 Å². The monoisotopic (exact) mass is 464 g/mol. The molecule has 1 saturated carbocycles. The summed E-state index contributed by atoms with van der Waals surface area (Å²) in [6, 6.07) is 11.4. The first-order valence-electron chi connectivity index (χ1n) is 10.4. The molecule has 0 heterocycles. The summed E-state index contributed by atoms with van der Waals surface area (Å²) in [4.78, 5) is 14.9. The fourth-order valence-electron chi connectivity index (χ4n) is 3.87. The first kappa shape index (κ1) is 23.4. The van der Waals surface area contributed by atoms with Crippen molar-refractivity contribution in [1.29, 1.82) is 0 Å². The number of hydrogen-bond donors (Lipinski definition) is 0. The first-order valence-corrected chi connectivity index (χ1v) is 12.2. The van der Waals surface area contributed by atoms with Gasteiger partial charge in [0.05, 0.1) is 22.7 Å². The molecule has 0 spiro atoms. The zero-order valence-corrected chi connectivity index (χ0v) is 19.7. The first-order chi connectivity index (χ1) is 14.7. The van der Waals surface area contributed by atoms with E-state index in [2.05, 4.69) is 0 Å². The summed E-state index contributed by atoms with van der Waals surface area (Å²) in [6.45, 7) is 1.59. The van der Waals surface area contributed by atoms with Crippen LogP contribution in [0.2, 0.25) is 5.02 Å². The molecule has 2 aromatic rings. The van der Waals surface area contributed by atoms with Crippen molar-refractivity contribution in [1.82, 2.24) is 4.90 Å². The van der Waals surface area contributed by atoms with Gasteiger partial charge in [0.2, 0.25) is 5.91 Å². The number of methoxy groups -OCH3 is 1. The van der Waals surface area contributed by atoms with Crippen LogP contribution in [0.1, 0.15) is 37.7 Å². The fraction of sp³-hybridized carbons (Fsp3) is 0.435. The molecule has 0 N–H and O–H groups in total. The number of rotatable bonds is 7. The second kappa shape index (κ2) is 9.92. The molecule has 3 rings (SSSR count). The van der Waals surface area contributed by atoms with Crippen LogP contribution >= 0.6 is 11.6 Å². The minimum absolute atomic E-state index is 0.123. The van der Waals surface area contributed by atoms with Crippen molar-refractivity contribution in [2.45, 2.75) is 50.0 Å². The number of halogens is 1. The van der Waals surface area contributed by atoms with Crippen LogP contribution in [0.15, 0.2) is 47.4 Å². The van der Waals surface area contributed by atoms with Crippen LogP contribution in [0, 0.1) is 6.92 Å². The molecule has 31 heavy (non-hydrogen) atoms. The molecule has 0 radical (unpaired) electrons.